The third-order valence-corrected chi connectivity index (χ3v) is 6.79. The van der Waals surface area contributed by atoms with Crippen LogP contribution in [0.4, 0.5) is 5.82 Å². The second kappa shape index (κ2) is 9.43. The SMILES string of the molecule is Cc1c(C(=O)N(C)Cc2ccccc2)sc2ncnc(NCCCN3CCCC3=O)c12. The number of aryl methyl sites for hydroxylation is 1. The smallest absolute Gasteiger partial charge is 0.264 e. The first-order valence-electron chi connectivity index (χ1n) is 10.6. The molecule has 0 aliphatic carbocycles. The Morgan fingerprint density at radius 1 is 1.26 bits per heavy atom. The minimum atomic E-state index is -0.0113. The number of amides is 2. The quantitative estimate of drug-likeness (QED) is 0.544. The predicted molar refractivity (Wildman–Crippen MR) is 123 cm³/mol. The highest BCUT2D eigenvalue weighted by Crippen LogP contribution is 2.34. The maximum absolute atomic E-state index is 13.1. The Balaban J connectivity index is 1.45. The molecule has 0 radical (unpaired) electrons. The van der Waals surface area contributed by atoms with E-state index in [2.05, 4.69) is 15.3 Å². The van der Waals surface area contributed by atoms with Crippen molar-refractivity contribution in [2.45, 2.75) is 32.7 Å². The fourth-order valence-corrected chi connectivity index (χ4v) is 5.07. The summed E-state index contributed by atoms with van der Waals surface area (Å²) < 4.78 is 0. The van der Waals surface area contributed by atoms with Gasteiger partial charge in [-0.1, -0.05) is 30.3 Å². The monoisotopic (exact) mass is 437 g/mol. The van der Waals surface area contributed by atoms with Crippen LogP contribution in [-0.4, -0.2) is 58.3 Å². The van der Waals surface area contributed by atoms with Crippen LogP contribution in [0.2, 0.25) is 0 Å². The number of hydrogen-bond acceptors (Lipinski definition) is 6. The van der Waals surface area contributed by atoms with Crippen LogP contribution in [0, 0.1) is 6.92 Å². The largest absolute Gasteiger partial charge is 0.369 e. The number of carbonyl (C=O) groups excluding carboxylic acids is 2. The van der Waals surface area contributed by atoms with E-state index in [0.29, 0.717) is 24.4 Å². The minimum Gasteiger partial charge on any atom is -0.369 e. The van der Waals surface area contributed by atoms with Crippen molar-refractivity contribution in [1.29, 1.82) is 0 Å². The number of thiophene rings is 1. The van der Waals surface area contributed by atoms with Crippen LogP contribution < -0.4 is 5.32 Å². The molecule has 1 fully saturated rings. The molecule has 1 aliphatic heterocycles. The van der Waals surface area contributed by atoms with E-state index in [-0.39, 0.29) is 11.8 Å². The summed E-state index contributed by atoms with van der Waals surface area (Å²) in [6.45, 7) is 4.85. The van der Waals surface area contributed by atoms with Crippen molar-refractivity contribution in [2.24, 2.45) is 0 Å². The molecular weight excluding hydrogens is 410 g/mol. The molecule has 0 spiro atoms. The van der Waals surface area contributed by atoms with Crippen LogP contribution in [-0.2, 0) is 11.3 Å². The zero-order valence-electron chi connectivity index (χ0n) is 17.9. The van der Waals surface area contributed by atoms with Crippen molar-refractivity contribution in [1.82, 2.24) is 19.8 Å². The Bertz CT molecular complexity index is 1080. The van der Waals surface area contributed by atoms with E-state index in [9.17, 15) is 9.59 Å². The van der Waals surface area contributed by atoms with E-state index >= 15 is 0 Å². The van der Waals surface area contributed by atoms with Crippen molar-refractivity contribution >= 4 is 39.2 Å². The van der Waals surface area contributed by atoms with Crippen LogP contribution in [0.3, 0.4) is 0 Å². The molecule has 0 unspecified atom stereocenters. The fraction of sp³-hybridized carbons (Fsp3) is 0.391. The van der Waals surface area contributed by atoms with Gasteiger partial charge in [-0.15, -0.1) is 11.3 Å². The first kappa shape index (κ1) is 21.2. The van der Waals surface area contributed by atoms with Crippen molar-refractivity contribution in [2.75, 3.05) is 32.0 Å². The maximum Gasteiger partial charge on any atom is 0.264 e. The van der Waals surface area contributed by atoms with E-state index in [1.54, 1.807) is 4.90 Å². The van der Waals surface area contributed by atoms with E-state index in [1.807, 2.05) is 49.2 Å². The van der Waals surface area contributed by atoms with Crippen molar-refractivity contribution < 1.29 is 9.59 Å². The van der Waals surface area contributed by atoms with Gasteiger partial charge in [0.15, 0.2) is 0 Å². The fourth-order valence-electron chi connectivity index (χ4n) is 3.93. The van der Waals surface area contributed by atoms with E-state index in [1.165, 1.54) is 17.7 Å². The first-order chi connectivity index (χ1) is 15.0. The standard InChI is InChI=1S/C23H27N5O2S/c1-16-19-21(24-11-7-13-28-12-6-10-18(28)29)25-15-26-22(19)31-20(16)23(30)27(2)14-17-8-4-3-5-9-17/h3-5,8-9,15H,6-7,10-14H2,1-2H3,(H,24,25,26). The summed E-state index contributed by atoms with van der Waals surface area (Å²) >= 11 is 1.41. The number of benzene rings is 1. The zero-order valence-corrected chi connectivity index (χ0v) is 18.7. The van der Waals surface area contributed by atoms with Gasteiger partial charge in [0, 0.05) is 39.6 Å². The van der Waals surface area contributed by atoms with Gasteiger partial charge in [-0.05, 0) is 30.9 Å². The van der Waals surface area contributed by atoms with E-state index in [4.69, 9.17) is 0 Å². The van der Waals surface area contributed by atoms with Crippen LogP contribution in [0.1, 0.15) is 40.1 Å². The lowest BCUT2D eigenvalue weighted by atomic mass is 10.1. The highest BCUT2D eigenvalue weighted by atomic mass is 32.1. The Morgan fingerprint density at radius 2 is 2.06 bits per heavy atom. The molecule has 0 bridgehead atoms. The van der Waals surface area contributed by atoms with Gasteiger partial charge in [0.05, 0.1) is 10.3 Å². The second-order valence-electron chi connectivity index (χ2n) is 7.87. The molecule has 7 nitrogen and oxygen atoms in total. The highest BCUT2D eigenvalue weighted by Gasteiger charge is 2.22. The molecule has 3 heterocycles. The van der Waals surface area contributed by atoms with Gasteiger partial charge in [0.25, 0.3) is 5.91 Å². The molecule has 1 aliphatic rings. The van der Waals surface area contributed by atoms with Crippen LogP contribution in [0.5, 0.6) is 0 Å². The molecule has 1 aromatic carbocycles. The summed E-state index contributed by atoms with van der Waals surface area (Å²) in [5.41, 5.74) is 2.00. The number of hydrogen-bond donors (Lipinski definition) is 1. The van der Waals surface area contributed by atoms with Gasteiger partial charge in [-0.25, -0.2) is 9.97 Å². The van der Waals surface area contributed by atoms with E-state index in [0.717, 1.165) is 53.1 Å². The molecule has 2 aromatic heterocycles. The minimum absolute atomic E-state index is 0.0113. The zero-order chi connectivity index (χ0) is 21.8. The van der Waals surface area contributed by atoms with Crippen molar-refractivity contribution in [3.63, 3.8) is 0 Å². The molecule has 0 atom stereocenters. The number of rotatable bonds is 8. The molecule has 31 heavy (non-hydrogen) atoms. The second-order valence-corrected chi connectivity index (χ2v) is 8.87. The third-order valence-electron chi connectivity index (χ3n) is 5.60. The van der Waals surface area contributed by atoms with Gasteiger partial charge in [0.2, 0.25) is 5.91 Å². The number of carbonyl (C=O) groups is 2. The van der Waals surface area contributed by atoms with Crippen molar-refractivity contribution in [3.8, 4) is 0 Å². The van der Waals surface area contributed by atoms with E-state index < -0.39 is 0 Å². The number of fused-ring (bicyclic) bond motifs is 1. The van der Waals surface area contributed by atoms with Gasteiger partial charge in [-0.3, -0.25) is 9.59 Å². The Kier molecular flexibility index (Phi) is 6.46. The number of likely N-dealkylation sites (tertiary alicyclic amines) is 1. The number of nitrogens with zero attached hydrogens (tertiary/aromatic N) is 4. The van der Waals surface area contributed by atoms with Crippen molar-refractivity contribution in [3.05, 3.63) is 52.7 Å². The van der Waals surface area contributed by atoms with Gasteiger partial charge < -0.3 is 15.1 Å². The van der Waals surface area contributed by atoms with Crippen LogP contribution in [0.25, 0.3) is 10.2 Å². The summed E-state index contributed by atoms with van der Waals surface area (Å²) in [6, 6.07) is 9.96. The van der Waals surface area contributed by atoms with Crippen LogP contribution >= 0.6 is 11.3 Å². The molecule has 4 rings (SSSR count). The normalized spacial score (nSPS) is 13.7. The molecular formula is C23H27N5O2S. The molecule has 8 heteroatoms. The predicted octanol–water partition coefficient (Wildman–Crippen LogP) is 3.70. The third kappa shape index (κ3) is 4.69. The molecule has 3 aromatic rings. The van der Waals surface area contributed by atoms with Crippen LogP contribution in [0.15, 0.2) is 36.7 Å². The lowest BCUT2D eigenvalue weighted by molar-refractivity contribution is -0.127. The topological polar surface area (TPSA) is 78.4 Å². The first-order valence-corrected chi connectivity index (χ1v) is 11.4. The maximum atomic E-state index is 13.1. The number of anilines is 1. The molecule has 162 valence electrons. The lowest BCUT2D eigenvalue weighted by Gasteiger charge is -2.17. The van der Waals surface area contributed by atoms with Gasteiger partial charge in [0.1, 0.15) is 17.0 Å². The highest BCUT2D eigenvalue weighted by molar-refractivity contribution is 7.20. The summed E-state index contributed by atoms with van der Waals surface area (Å²) in [5, 5.41) is 4.29. The molecule has 1 saturated heterocycles. The Morgan fingerprint density at radius 3 is 2.81 bits per heavy atom. The lowest BCUT2D eigenvalue weighted by Crippen LogP contribution is -2.27. The summed E-state index contributed by atoms with van der Waals surface area (Å²) in [7, 11) is 1.82. The summed E-state index contributed by atoms with van der Waals surface area (Å²) in [6.07, 6.45) is 4.02. The number of aromatic nitrogens is 2. The summed E-state index contributed by atoms with van der Waals surface area (Å²) in [4.78, 5) is 38.8. The molecule has 0 saturated carbocycles. The molecule has 2 amide bonds. The van der Waals surface area contributed by atoms with Gasteiger partial charge in [-0.2, -0.15) is 0 Å². The Hall–Kier alpha value is -3.00. The number of nitrogens with one attached hydrogen (secondary N) is 1. The molecule has 1 N–H and O–H groups in total. The Labute approximate surface area is 186 Å². The average molecular weight is 438 g/mol. The average Bonchev–Trinajstić information content (AvgIpc) is 3.34. The van der Waals surface area contributed by atoms with Gasteiger partial charge >= 0.3 is 0 Å². The summed E-state index contributed by atoms with van der Waals surface area (Å²) in [5.74, 6) is 0.986.